The molecule has 0 fully saturated rings. The van der Waals surface area contributed by atoms with Crippen molar-refractivity contribution in [3.63, 3.8) is 0 Å². The molecule has 1 N–H and O–H groups in total. The van der Waals surface area contributed by atoms with E-state index in [0.717, 1.165) is 0 Å². The molecule has 0 aliphatic heterocycles. The molecule has 0 saturated heterocycles. The van der Waals surface area contributed by atoms with Crippen LogP contribution in [0.25, 0.3) is 0 Å². The summed E-state index contributed by atoms with van der Waals surface area (Å²) in [5, 5.41) is 7.97. The van der Waals surface area contributed by atoms with E-state index in [4.69, 9.17) is 28.3 Å². The van der Waals surface area contributed by atoms with Crippen molar-refractivity contribution in [1.29, 1.82) is 0 Å². The first-order chi connectivity index (χ1) is 4.57. The van der Waals surface area contributed by atoms with Crippen LogP contribution in [0.5, 0.6) is 0 Å². The Balaban J connectivity index is 4.02. The maximum absolute atomic E-state index is 10.2. The fourth-order valence-corrected chi connectivity index (χ4v) is 0.665. The predicted octanol–water partition coefficient (Wildman–Crippen LogP) is 1.86. The van der Waals surface area contributed by atoms with E-state index in [1.807, 2.05) is 0 Å². The van der Waals surface area contributed by atoms with Gasteiger partial charge in [0.2, 0.25) is 0 Å². The minimum Gasteiger partial charge on any atom is -0.478 e. The summed E-state index contributed by atoms with van der Waals surface area (Å²) in [5.74, 6) is -0.734. The molecule has 0 heterocycles. The number of halogens is 2. The van der Waals surface area contributed by atoms with E-state index < -0.39 is 11.3 Å². The van der Waals surface area contributed by atoms with Gasteiger partial charge in [-0.3, -0.25) is 0 Å². The highest BCUT2D eigenvalue weighted by atomic mass is 35.5. The smallest absolute Gasteiger partial charge is 0.330 e. The van der Waals surface area contributed by atoms with Crippen molar-refractivity contribution >= 4 is 29.2 Å². The molecule has 0 aromatic heterocycles. The zero-order chi connectivity index (χ0) is 8.15. The van der Waals surface area contributed by atoms with Gasteiger partial charge in [0.15, 0.2) is 0 Å². The summed E-state index contributed by atoms with van der Waals surface area (Å²) in [7, 11) is 0. The van der Waals surface area contributed by atoms with Gasteiger partial charge >= 0.3 is 5.97 Å². The number of allylic oxidation sites excluding steroid dienone is 1. The fraction of sp³-hybridized carbons (Fsp3) is 0.500. The fourth-order valence-electron chi connectivity index (χ4n) is 0.387. The molecule has 2 nitrogen and oxygen atoms in total. The molecule has 0 radical (unpaired) electrons. The average Bonchev–Trinajstić information content (AvgIpc) is 1.87. The lowest BCUT2D eigenvalue weighted by atomic mass is 10.2. The first kappa shape index (κ1) is 9.79. The minimum absolute atomic E-state index is 0.223. The number of hydrogen-bond donors (Lipinski definition) is 1. The highest BCUT2D eigenvalue weighted by Gasteiger charge is 2.03. The van der Waals surface area contributed by atoms with E-state index in [2.05, 4.69) is 0 Å². The zero-order valence-corrected chi connectivity index (χ0v) is 6.99. The number of carbonyl (C=O) groups is 1. The number of alkyl halides is 2. The van der Waals surface area contributed by atoms with Crippen molar-refractivity contribution in [2.75, 3.05) is 5.88 Å². The number of rotatable bonds is 3. The van der Waals surface area contributed by atoms with Crippen molar-refractivity contribution in [2.24, 2.45) is 0 Å². The molecular weight excluding hydrogens is 175 g/mol. The van der Waals surface area contributed by atoms with Crippen LogP contribution in [0.15, 0.2) is 11.6 Å². The van der Waals surface area contributed by atoms with Crippen LogP contribution in [0.3, 0.4) is 0 Å². The second-order valence-electron chi connectivity index (χ2n) is 1.83. The Hall–Kier alpha value is -0.210. The van der Waals surface area contributed by atoms with Crippen LogP contribution in [0, 0.1) is 0 Å². The number of aliphatic carboxylic acids is 1. The van der Waals surface area contributed by atoms with Gasteiger partial charge in [-0.15, -0.1) is 23.2 Å². The molecule has 0 amide bonds. The number of hydrogen-bond acceptors (Lipinski definition) is 1. The molecule has 1 atom stereocenters. The Morgan fingerprint density at radius 3 is 2.60 bits per heavy atom. The molecule has 0 aliphatic rings. The van der Waals surface area contributed by atoms with E-state index in [-0.39, 0.29) is 11.5 Å². The van der Waals surface area contributed by atoms with E-state index in [0.29, 0.717) is 0 Å². The third-order valence-corrected chi connectivity index (χ3v) is 1.69. The summed E-state index contributed by atoms with van der Waals surface area (Å²) in [6.07, 6.45) is 1.41. The molecule has 0 saturated carbocycles. The third kappa shape index (κ3) is 3.75. The largest absolute Gasteiger partial charge is 0.478 e. The average molecular weight is 183 g/mol. The SMILES string of the molecule is CC(=CC(Cl)CCl)C(=O)O. The summed E-state index contributed by atoms with van der Waals surface area (Å²) in [6.45, 7) is 1.48. The normalized spacial score (nSPS) is 14.9. The van der Waals surface area contributed by atoms with E-state index in [9.17, 15) is 4.79 Å². The van der Waals surface area contributed by atoms with Gasteiger partial charge in [-0.25, -0.2) is 4.79 Å². The summed E-state index contributed by atoms with van der Waals surface area (Å²) in [4.78, 5) is 10.2. The zero-order valence-electron chi connectivity index (χ0n) is 5.47. The van der Waals surface area contributed by atoms with E-state index in [1.54, 1.807) is 0 Å². The lowest BCUT2D eigenvalue weighted by Crippen LogP contribution is -2.02. The van der Waals surface area contributed by atoms with Crippen molar-refractivity contribution in [3.05, 3.63) is 11.6 Å². The monoisotopic (exact) mass is 182 g/mol. The number of carboxylic acids is 1. The van der Waals surface area contributed by atoms with Crippen LogP contribution in [-0.2, 0) is 4.79 Å². The molecule has 0 spiro atoms. The first-order valence-corrected chi connectivity index (χ1v) is 3.66. The molecule has 0 bridgehead atoms. The summed E-state index contributed by atoms with van der Waals surface area (Å²) >= 11 is 10.9. The third-order valence-electron chi connectivity index (χ3n) is 0.916. The molecule has 4 heteroatoms. The Morgan fingerprint density at radius 2 is 2.30 bits per heavy atom. The second kappa shape index (κ2) is 4.58. The molecule has 58 valence electrons. The van der Waals surface area contributed by atoms with Gasteiger partial charge in [0.1, 0.15) is 0 Å². The Morgan fingerprint density at radius 1 is 1.80 bits per heavy atom. The van der Waals surface area contributed by atoms with Crippen LogP contribution >= 0.6 is 23.2 Å². The Kier molecular flexibility index (Phi) is 4.49. The highest BCUT2D eigenvalue weighted by molar-refractivity contribution is 6.29. The van der Waals surface area contributed by atoms with Crippen molar-refractivity contribution < 1.29 is 9.90 Å². The molecule has 0 rings (SSSR count). The second-order valence-corrected chi connectivity index (χ2v) is 2.69. The minimum atomic E-state index is -0.962. The van der Waals surface area contributed by atoms with Gasteiger partial charge in [-0.2, -0.15) is 0 Å². The quantitative estimate of drug-likeness (QED) is 0.535. The standard InChI is InChI=1S/C6H8Cl2O2/c1-4(6(9)10)2-5(8)3-7/h2,5H,3H2,1H3,(H,9,10). The molecule has 0 aliphatic carbocycles. The van der Waals surface area contributed by atoms with Crippen LogP contribution in [0.1, 0.15) is 6.92 Å². The summed E-state index contributed by atoms with van der Waals surface area (Å²) in [6, 6.07) is 0. The molecular formula is C6H8Cl2O2. The summed E-state index contributed by atoms with van der Waals surface area (Å²) < 4.78 is 0. The van der Waals surface area contributed by atoms with Gasteiger partial charge in [-0.05, 0) is 6.92 Å². The maximum Gasteiger partial charge on any atom is 0.330 e. The van der Waals surface area contributed by atoms with Gasteiger partial charge in [0, 0.05) is 11.5 Å². The van der Waals surface area contributed by atoms with Crippen molar-refractivity contribution in [1.82, 2.24) is 0 Å². The predicted molar refractivity (Wildman–Crippen MR) is 41.8 cm³/mol. The molecule has 0 aromatic carbocycles. The first-order valence-electron chi connectivity index (χ1n) is 2.69. The lowest BCUT2D eigenvalue weighted by molar-refractivity contribution is -0.132. The highest BCUT2D eigenvalue weighted by Crippen LogP contribution is 2.04. The van der Waals surface area contributed by atoms with E-state index >= 15 is 0 Å². The lowest BCUT2D eigenvalue weighted by Gasteiger charge is -1.97. The Labute approximate surface area is 69.4 Å². The van der Waals surface area contributed by atoms with Gasteiger partial charge in [0.05, 0.1) is 5.38 Å². The summed E-state index contributed by atoms with van der Waals surface area (Å²) in [5.41, 5.74) is 0.223. The Bertz CT molecular complexity index is 154. The van der Waals surface area contributed by atoms with Crippen molar-refractivity contribution in [2.45, 2.75) is 12.3 Å². The van der Waals surface area contributed by atoms with E-state index in [1.165, 1.54) is 13.0 Å². The molecule has 0 aromatic rings. The van der Waals surface area contributed by atoms with Crippen LogP contribution in [-0.4, -0.2) is 22.3 Å². The van der Waals surface area contributed by atoms with Crippen LogP contribution in [0.4, 0.5) is 0 Å². The van der Waals surface area contributed by atoms with Gasteiger partial charge < -0.3 is 5.11 Å². The number of carboxylic acid groups (broad SMARTS) is 1. The topological polar surface area (TPSA) is 37.3 Å². The van der Waals surface area contributed by atoms with Crippen molar-refractivity contribution in [3.8, 4) is 0 Å². The van der Waals surface area contributed by atoms with Gasteiger partial charge in [-0.1, -0.05) is 6.08 Å². The van der Waals surface area contributed by atoms with Gasteiger partial charge in [0.25, 0.3) is 0 Å². The maximum atomic E-state index is 10.2. The van der Waals surface area contributed by atoms with Crippen LogP contribution < -0.4 is 0 Å². The van der Waals surface area contributed by atoms with Crippen LogP contribution in [0.2, 0.25) is 0 Å². The molecule has 1 unspecified atom stereocenters. The molecule has 10 heavy (non-hydrogen) atoms.